The molecule has 5 heteroatoms. The van der Waals surface area contributed by atoms with Crippen LogP contribution in [0.5, 0.6) is 0 Å². The number of hydrogen-bond acceptors (Lipinski definition) is 2. The van der Waals surface area contributed by atoms with Crippen molar-refractivity contribution in [1.82, 2.24) is 0 Å². The number of aliphatic hydroxyl groups is 1. The zero-order chi connectivity index (χ0) is 11.7. The van der Waals surface area contributed by atoms with Crippen LogP contribution in [0.15, 0.2) is 27.1 Å². The zero-order valence-corrected chi connectivity index (χ0v) is 13.3. The van der Waals surface area contributed by atoms with Gasteiger partial charge in [-0.15, -0.1) is 12.4 Å². The fourth-order valence-corrected chi connectivity index (χ4v) is 2.92. The summed E-state index contributed by atoms with van der Waals surface area (Å²) in [7, 11) is 0. The van der Waals surface area contributed by atoms with Crippen molar-refractivity contribution in [3.05, 3.63) is 32.7 Å². The van der Waals surface area contributed by atoms with E-state index in [4.69, 9.17) is 5.73 Å². The lowest BCUT2D eigenvalue weighted by atomic mass is 9.77. The van der Waals surface area contributed by atoms with Crippen LogP contribution in [-0.4, -0.2) is 11.2 Å². The molecule has 0 aliphatic heterocycles. The van der Waals surface area contributed by atoms with E-state index >= 15 is 0 Å². The number of hydrogen-bond donors (Lipinski definition) is 2. The lowest BCUT2D eigenvalue weighted by Gasteiger charge is -2.34. The Labute approximate surface area is 125 Å². The average Bonchev–Trinajstić information content (AvgIpc) is 2.18. The van der Waals surface area contributed by atoms with Crippen LogP contribution < -0.4 is 5.73 Å². The van der Waals surface area contributed by atoms with E-state index in [0.29, 0.717) is 5.92 Å². The van der Waals surface area contributed by atoms with Gasteiger partial charge in [-0.3, -0.25) is 0 Å². The summed E-state index contributed by atoms with van der Waals surface area (Å²) in [5.74, 6) is 0.376. The topological polar surface area (TPSA) is 46.2 Å². The number of nitrogens with two attached hydrogens (primary N) is 1. The zero-order valence-electron chi connectivity index (χ0n) is 9.27. The first-order valence-electron chi connectivity index (χ1n) is 5.48. The molecule has 17 heavy (non-hydrogen) atoms. The smallest absolute Gasteiger partial charge is 0.0761 e. The molecule has 0 radical (unpaired) electrons. The van der Waals surface area contributed by atoms with E-state index in [0.717, 1.165) is 27.4 Å². The van der Waals surface area contributed by atoms with Gasteiger partial charge in [0.2, 0.25) is 0 Å². The van der Waals surface area contributed by atoms with Gasteiger partial charge in [0.15, 0.2) is 0 Å². The maximum Gasteiger partial charge on any atom is 0.0761 e. The molecule has 0 heterocycles. The molecule has 0 bridgehead atoms. The van der Waals surface area contributed by atoms with Crippen molar-refractivity contribution in [2.24, 2.45) is 11.7 Å². The molecule has 0 spiro atoms. The molecule has 1 fully saturated rings. The first-order chi connectivity index (χ1) is 7.59. The molecule has 1 aromatic rings. The maximum atomic E-state index is 10.1. The van der Waals surface area contributed by atoms with Crippen molar-refractivity contribution < 1.29 is 5.11 Å². The minimum absolute atomic E-state index is 0. The maximum absolute atomic E-state index is 10.1. The van der Waals surface area contributed by atoms with Crippen molar-refractivity contribution in [2.75, 3.05) is 0 Å². The van der Waals surface area contributed by atoms with Crippen LogP contribution in [0.2, 0.25) is 0 Å². The second-order valence-electron chi connectivity index (χ2n) is 4.37. The minimum Gasteiger partial charge on any atom is -0.391 e. The van der Waals surface area contributed by atoms with Gasteiger partial charge < -0.3 is 10.8 Å². The van der Waals surface area contributed by atoms with Gasteiger partial charge in [0, 0.05) is 8.95 Å². The van der Waals surface area contributed by atoms with Gasteiger partial charge >= 0.3 is 0 Å². The summed E-state index contributed by atoms with van der Waals surface area (Å²) in [4.78, 5) is 0. The lowest BCUT2D eigenvalue weighted by molar-refractivity contribution is 0.0412. The molecule has 0 aromatic heterocycles. The van der Waals surface area contributed by atoms with Gasteiger partial charge in [-0.2, -0.15) is 0 Å². The first kappa shape index (κ1) is 15.4. The van der Waals surface area contributed by atoms with Crippen LogP contribution in [0, 0.1) is 5.92 Å². The molecular formula is C12H16Br2ClNO. The molecule has 1 aliphatic carbocycles. The second-order valence-corrected chi connectivity index (χ2v) is 6.14. The van der Waals surface area contributed by atoms with Crippen molar-refractivity contribution in [2.45, 2.75) is 31.4 Å². The van der Waals surface area contributed by atoms with Crippen molar-refractivity contribution in [3.8, 4) is 0 Å². The normalized spacial score (nSPS) is 19.1. The predicted octanol–water partition coefficient (Wildman–Crippen LogP) is 3.79. The molecule has 0 saturated heterocycles. The Balaban J connectivity index is 0.00000144. The van der Waals surface area contributed by atoms with Crippen molar-refractivity contribution >= 4 is 44.3 Å². The third-order valence-corrected chi connectivity index (χ3v) is 4.53. The molecule has 3 N–H and O–H groups in total. The second kappa shape index (κ2) is 6.53. The van der Waals surface area contributed by atoms with E-state index < -0.39 is 6.10 Å². The molecular weight excluding hydrogens is 369 g/mol. The van der Waals surface area contributed by atoms with E-state index in [1.165, 1.54) is 6.42 Å². The van der Waals surface area contributed by atoms with Crippen LogP contribution in [0.1, 0.15) is 30.9 Å². The van der Waals surface area contributed by atoms with Crippen molar-refractivity contribution in [3.63, 3.8) is 0 Å². The van der Waals surface area contributed by atoms with Gasteiger partial charge in [0.05, 0.1) is 12.1 Å². The molecule has 2 atom stereocenters. The third-order valence-electron chi connectivity index (χ3n) is 3.32. The fourth-order valence-electron chi connectivity index (χ4n) is 2.03. The van der Waals surface area contributed by atoms with Crippen LogP contribution >= 0.6 is 44.3 Å². The van der Waals surface area contributed by atoms with Gasteiger partial charge in [-0.05, 0) is 42.5 Å². The highest BCUT2D eigenvalue weighted by Crippen LogP contribution is 2.36. The predicted molar refractivity (Wildman–Crippen MR) is 79.4 cm³/mol. The monoisotopic (exact) mass is 383 g/mol. The summed E-state index contributed by atoms with van der Waals surface area (Å²) in [6.45, 7) is 0. The van der Waals surface area contributed by atoms with Gasteiger partial charge in [0.1, 0.15) is 0 Å². The Morgan fingerprint density at radius 1 is 1.29 bits per heavy atom. The number of aliphatic hydroxyl groups excluding tert-OH is 1. The highest BCUT2D eigenvalue weighted by atomic mass is 79.9. The molecule has 2 rings (SSSR count). The van der Waals surface area contributed by atoms with E-state index in [9.17, 15) is 5.11 Å². The quantitative estimate of drug-likeness (QED) is 0.831. The fraction of sp³-hybridized carbons (Fsp3) is 0.500. The third kappa shape index (κ3) is 3.44. The van der Waals surface area contributed by atoms with E-state index in [2.05, 4.69) is 31.9 Å². The number of rotatable bonds is 3. The molecule has 1 saturated carbocycles. The SMILES string of the molecule is Cl.N[C@H](c1cc(Br)ccc1Br)[C@@H](O)C1CCC1. The minimum atomic E-state index is -0.431. The van der Waals surface area contributed by atoms with Crippen LogP contribution in [0.3, 0.4) is 0 Å². The summed E-state index contributed by atoms with van der Waals surface area (Å²) >= 11 is 6.90. The molecule has 2 nitrogen and oxygen atoms in total. The number of halogens is 3. The van der Waals surface area contributed by atoms with E-state index in [1.807, 2.05) is 18.2 Å². The Morgan fingerprint density at radius 2 is 1.94 bits per heavy atom. The average molecular weight is 386 g/mol. The molecule has 0 amide bonds. The van der Waals surface area contributed by atoms with E-state index in [1.54, 1.807) is 0 Å². The Morgan fingerprint density at radius 3 is 2.47 bits per heavy atom. The van der Waals surface area contributed by atoms with Crippen LogP contribution in [-0.2, 0) is 0 Å². The molecule has 0 unspecified atom stereocenters. The number of benzene rings is 1. The van der Waals surface area contributed by atoms with Crippen molar-refractivity contribution in [1.29, 1.82) is 0 Å². The summed E-state index contributed by atoms with van der Waals surface area (Å²) in [6, 6.07) is 5.57. The van der Waals surface area contributed by atoms with Crippen LogP contribution in [0.25, 0.3) is 0 Å². The largest absolute Gasteiger partial charge is 0.391 e. The summed E-state index contributed by atoms with van der Waals surface area (Å²) in [5, 5.41) is 10.1. The van der Waals surface area contributed by atoms with Gasteiger partial charge in [0.25, 0.3) is 0 Å². The molecule has 96 valence electrons. The lowest BCUT2D eigenvalue weighted by Crippen LogP contribution is -2.36. The highest BCUT2D eigenvalue weighted by Gasteiger charge is 2.31. The van der Waals surface area contributed by atoms with Crippen LogP contribution in [0.4, 0.5) is 0 Å². The standard InChI is InChI=1S/C12H15Br2NO.ClH/c13-8-4-5-10(14)9(6-8)11(15)12(16)7-2-1-3-7;/h4-7,11-12,16H,1-3,15H2;1H/t11-,12+;/m1./s1. The first-order valence-corrected chi connectivity index (χ1v) is 7.07. The van der Waals surface area contributed by atoms with E-state index in [-0.39, 0.29) is 18.4 Å². The van der Waals surface area contributed by atoms with Gasteiger partial charge in [-0.25, -0.2) is 0 Å². The summed E-state index contributed by atoms with van der Waals surface area (Å²) < 4.78 is 1.95. The molecule has 1 aromatic carbocycles. The molecule has 1 aliphatic rings. The Hall–Kier alpha value is 0.390. The Bertz CT molecular complexity index is 385. The summed E-state index contributed by atoms with van der Waals surface area (Å²) in [6.07, 6.45) is 2.98. The summed E-state index contributed by atoms with van der Waals surface area (Å²) in [5.41, 5.74) is 7.08. The highest BCUT2D eigenvalue weighted by molar-refractivity contribution is 9.11. The Kier molecular flexibility index (Phi) is 5.93. The van der Waals surface area contributed by atoms with Gasteiger partial charge in [-0.1, -0.05) is 38.3 Å².